The third kappa shape index (κ3) is 3.23. The second-order valence-electron chi connectivity index (χ2n) is 3.62. The molecule has 19 heavy (non-hydrogen) atoms. The highest BCUT2D eigenvalue weighted by atomic mass is 79.9. The Hall–Kier alpha value is -1.18. The highest BCUT2D eigenvalue weighted by molar-refractivity contribution is 9.10. The molecule has 0 aliphatic rings. The van der Waals surface area contributed by atoms with Crippen molar-refractivity contribution in [3.63, 3.8) is 0 Å². The van der Waals surface area contributed by atoms with Crippen LogP contribution in [0.15, 0.2) is 44.1 Å². The van der Waals surface area contributed by atoms with Crippen LogP contribution in [-0.2, 0) is 0 Å². The molecule has 98 valence electrons. The average Bonchev–Trinajstić information content (AvgIpc) is 2.77. The molecule has 0 fully saturated rings. The van der Waals surface area contributed by atoms with Crippen LogP contribution in [0.2, 0.25) is 0 Å². The summed E-state index contributed by atoms with van der Waals surface area (Å²) in [5, 5.41) is 2.75. The fourth-order valence-corrected chi connectivity index (χ4v) is 2.42. The number of carbonyl (C=O) groups excluding carboxylic acids is 1. The summed E-state index contributed by atoms with van der Waals surface area (Å²) in [5.41, 5.74) is 7.18. The highest BCUT2D eigenvalue weighted by Crippen LogP contribution is 2.23. The summed E-state index contributed by atoms with van der Waals surface area (Å²) < 4.78 is 6.22. The molecule has 0 saturated heterocycles. The molecule has 4 nitrogen and oxygen atoms in total. The van der Waals surface area contributed by atoms with Crippen molar-refractivity contribution in [1.29, 1.82) is 0 Å². The van der Waals surface area contributed by atoms with Crippen LogP contribution < -0.4 is 11.1 Å². The zero-order chi connectivity index (χ0) is 14.0. The molecule has 0 saturated carbocycles. The molecule has 0 unspecified atom stereocenters. The van der Waals surface area contributed by atoms with Crippen molar-refractivity contribution in [2.75, 3.05) is 5.32 Å². The van der Waals surface area contributed by atoms with Gasteiger partial charge in [-0.3, -0.25) is 4.79 Å². The van der Waals surface area contributed by atoms with Crippen molar-refractivity contribution in [3.8, 4) is 0 Å². The Morgan fingerprint density at radius 1 is 1.26 bits per heavy atom. The van der Waals surface area contributed by atoms with Crippen molar-refractivity contribution >= 4 is 60.7 Å². The molecule has 7 heteroatoms. The van der Waals surface area contributed by atoms with E-state index in [0.717, 1.165) is 4.47 Å². The van der Waals surface area contributed by atoms with Gasteiger partial charge in [-0.15, -0.1) is 0 Å². The van der Waals surface area contributed by atoms with Gasteiger partial charge in [0.15, 0.2) is 4.67 Å². The molecular formula is C12H8Br2N2O2S. The number of benzene rings is 1. The monoisotopic (exact) mass is 402 g/mol. The Labute approximate surface area is 131 Å². The zero-order valence-electron chi connectivity index (χ0n) is 9.44. The van der Waals surface area contributed by atoms with E-state index in [1.165, 1.54) is 6.26 Å². The van der Waals surface area contributed by atoms with Crippen LogP contribution in [0.5, 0.6) is 0 Å². The maximum absolute atomic E-state index is 12.1. The lowest BCUT2D eigenvalue weighted by atomic mass is 10.1. The Morgan fingerprint density at radius 3 is 2.58 bits per heavy atom. The first-order valence-corrected chi connectivity index (χ1v) is 7.12. The van der Waals surface area contributed by atoms with Gasteiger partial charge in [0.2, 0.25) is 0 Å². The van der Waals surface area contributed by atoms with E-state index >= 15 is 0 Å². The van der Waals surface area contributed by atoms with Crippen molar-refractivity contribution in [2.45, 2.75) is 0 Å². The summed E-state index contributed by atoms with van der Waals surface area (Å²) in [5.74, 6) is -0.305. The average molecular weight is 404 g/mol. The second kappa shape index (κ2) is 5.85. The fraction of sp³-hybridized carbons (Fsp3) is 0. The molecule has 0 aliphatic carbocycles. The summed E-state index contributed by atoms with van der Waals surface area (Å²) in [6, 6.07) is 6.84. The smallest absolute Gasteiger partial charge is 0.260 e. The van der Waals surface area contributed by atoms with E-state index in [1.54, 1.807) is 24.3 Å². The lowest BCUT2D eigenvalue weighted by Crippen LogP contribution is -2.17. The number of thiocarbonyl (C=S) groups is 1. The lowest BCUT2D eigenvalue weighted by Gasteiger charge is -2.10. The Bertz CT molecular complexity index is 655. The molecule has 0 atom stereocenters. The van der Waals surface area contributed by atoms with Crippen LogP contribution >= 0.6 is 44.1 Å². The second-order valence-corrected chi connectivity index (χ2v) is 5.69. The number of hydrogen-bond donors (Lipinski definition) is 2. The molecular weight excluding hydrogens is 396 g/mol. The number of anilines is 1. The first-order valence-electron chi connectivity index (χ1n) is 5.12. The van der Waals surface area contributed by atoms with E-state index in [2.05, 4.69) is 37.2 Å². The van der Waals surface area contributed by atoms with E-state index in [0.29, 0.717) is 21.5 Å². The van der Waals surface area contributed by atoms with Gasteiger partial charge < -0.3 is 15.5 Å². The largest absolute Gasteiger partial charge is 0.457 e. The van der Waals surface area contributed by atoms with Crippen molar-refractivity contribution in [1.82, 2.24) is 0 Å². The van der Waals surface area contributed by atoms with Crippen molar-refractivity contribution in [3.05, 3.63) is 50.8 Å². The highest BCUT2D eigenvalue weighted by Gasteiger charge is 2.15. The number of rotatable bonds is 3. The number of nitrogens with two attached hydrogens (primary N) is 1. The molecule has 1 aromatic carbocycles. The molecule has 2 rings (SSSR count). The van der Waals surface area contributed by atoms with Crippen LogP contribution in [0, 0.1) is 0 Å². The molecule has 2 aromatic rings. The number of carbonyl (C=O) groups is 1. The Morgan fingerprint density at radius 2 is 2.00 bits per heavy atom. The first kappa shape index (κ1) is 14.2. The molecule has 0 radical (unpaired) electrons. The van der Waals surface area contributed by atoms with Crippen LogP contribution in [0.1, 0.15) is 15.9 Å². The van der Waals surface area contributed by atoms with Gasteiger partial charge in [0, 0.05) is 10.0 Å². The van der Waals surface area contributed by atoms with Crippen LogP contribution in [0.25, 0.3) is 0 Å². The third-order valence-corrected chi connectivity index (χ3v) is 3.69. The maximum Gasteiger partial charge on any atom is 0.260 e. The van der Waals surface area contributed by atoms with Gasteiger partial charge in [-0.1, -0.05) is 28.1 Å². The first-order chi connectivity index (χ1) is 8.99. The number of hydrogen-bond acceptors (Lipinski definition) is 3. The normalized spacial score (nSPS) is 10.2. The predicted molar refractivity (Wildman–Crippen MR) is 84.4 cm³/mol. The standard InChI is InChI=1S/C12H8Br2N2O2S/c13-6-1-2-9(8(5-6)11(15)19)16-12(17)7-3-4-18-10(7)14/h1-5H,(H2,15,19)(H,16,17). The zero-order valence-corrected chi connectivity index (χ0v) is 13.4. The summed E-state index contributed by atoms with van der Waals surface area (Å²) in [6.45, 7) is 0. The van der Waals surface area contributed by atoms with Gasteiger partial charge in [0.1, 0.15) is 4.99 Å². The van der Waals surface area contributed by atoms with E-state index in [-0.39, 0.29) is 10.9 Å². The topological polar surface area (TPSA) is 68.3 Å². The van der Waals surface area contributed by atoms with Crippen LogP contribution in [0.4, 0.5) is 5.69 Å². The lowest BCUT2D eigenvalue weighted by molar-refractivity contribution is 0.102. The van der Waals surface area contributed by atoms with E-state index < -0.39 is 0 Å². The van der Waals surface area contributed by atoms with Gasteiger partial charge in [0.25, 0.3) is 5.91 Å². The van der Waals surface area contributed by atoms with Gasteiger partial charge in [-0.25, -0.2) is 0 Å². The molecule has 0 aliphatic heterocycles. The minimum absolute atomic E-state index is 0.211. The van der Waals surface area contributed by atoms with Crippen LogP contribution in [0.3, 0.4) is 0 Å². The van der Waals surface area contributed by atoms with E-state index in [9.17, 15) is 4.79 Å². The minimum atomic E-state index is -0.305. The predicted octanol–water partition coefficient (Wildman–Crippen LogP) is 3.69. The third-order valence-electron chi connectivity index (χ3n) is 2.36. The fourth-order valence-electron chi connectivity index (χ4n) is 1.47. The summed E-state index contributed by atoms with van der Waals surface area (Å²) in [6.07, 6.45) is 1.43. The minimum Gasteiger partial charge on any atom is -0.457 e. The van der Waals surface area contributed by atoms with Gasteiger partial charge >= 0.3 is 0 Å². The molecule has 1 aromatic heterocycles. The maximum atomic E-state index is 12.1. The van der Waals surface area contributed by atoms with Gasteiger partial charge in [-0.05, 0) is 40.2 Å². The van der Waals surface area contributed by atoms with Crippen molar-refractivity contribution < 1.29 is 9.21 Å². The summed E-state index contributed by atoms with van der Waals surface area (Å²) >= 11 is 11.5. The molecule has 0 bridgehead atoms. The van der Waals surface area contributed by atoms with Crippen LogP contribution in [-0.4, -0.2) is 10.9 Å². The van der Waals surface area contributed by atoms with Crippen molar-refractivity contribution in [2.24, 2.45) is 5.73 Å². The summed E-state index contributed by atoms with van der Waals surface area (Å²) in [4.78, 5) is 12.3. The SMILES string of the molecule is NC(=S)c1cc(Br)ccc1NC(=O)c1ccoc1Br. The Kier molecular flexibility index (Phi) is 4.38. The molecule has 1 amide bonds. The number of amides is 1. The molecule has 3 N–H and O–H groups in total. The Balaban J connectivity index is 2.32. The number of furan rings is 1. The van der Waals surface area contributed by atoms with E-state index in [1.807, 2.05) is 0 Å². The van der Waals surface area contributed by atoms with E-state index in [4.69, 9.17) is 22.4 Å². The van der Waals surface area contributed by atoms with Gasteiger partial charge in [-0.2, -0.15) is 0 Å². The molecule has 1 heterocycles. The number of halogens is 2. The van der Waals surface area contributed by atoms with Gasteiger partial charge in [0.05, 0.1) is 17.5 Å². The number of nitrogens with one attached hydrogen (secondary N) is 1. The molecule has 0 spiro atoms. The summed E-state index contributed by atoms with van der Waals surface area (Å²) in [7, 11) is 0. The quantitative estimate of drug-likeness (QED) is 0.766.